The number of hydrogen-bond donors (Lipinski definition) is 0. The highest BCUT2D eigenvalue weighted by Gasteiger charge is 1.94. The third-order valence-corrected chi connectivity index (χ3v) is 5.20. The molecule has 0 unspecified atom stereocenters. The van der Waals surface area contributed by atoms with Gasteiger partial charge in [0.25, 0.3) is 0 Å². The minimum Gasteiger partial charge on any atom is -0.400 e. The third-order valence-electron chi connectivity index (χ3n) is 3.87. The summed E-state index contributed by atoms with van der Waals surface area (Å²) in [6.45, 7) is 6.55. The maximum absolute atomic E-state index is 4.82. The van der Waals surface area contributed by atoms with E-state index in [2.05, 4.69) is 13.8 Å². The van der Waals surface area contributed by atoms with E-state index in [0.717, 1.165) is 0 Å². The second kappa shape index (κ2) is 22.4. The van der Waals surface area contributed by atoms with Crippen molar-refractivity contribution in [3.05, 3.63) is 0 Å². The van der Waals surface area contributed by atoms with Gasteiger partial charge in [-0.05, 0) is 6.55 Å². The highest BCUT2D eigenvalue weighted by molar-refractivity contribution is 6.42. The van der Waals surface area contributed by atoms with Gasteiger partial charge in [0.2, 0.25) is 0 Å². The summed E-state index contributed by atoms with van der Waals surface area (Å²) in [7, 11) is 2.17. The molecular formula is C18H42O2Si. The van der Waals surface area contributed by atoms with Crippen LogP contribution in [0.1, 0.15) is 97.3 Å². The van der Waals surface area contributed by atoms with Crippen LogP contribution in [0, 0.1) is 0 Å². The lowest BCUT2D eigenvalue weighted by Gasteiger charge is -2.01. The monoisotopic (exact) mass is 318 g/mol. The Morgan fingerprint density at radius 3 is 0.905 bits per heavy atom. The molecule has 2 nitrogen and oxygen atoms in total. The number of hydrogen-bond acceptors (Lipinski definition) is 2. The maximum atomic E-state index is 4.82. The molecule has 0 aromatic rings. The van der Waals surface area contributed by atoms with E-state index in [0.29, 0.717) is 0 Å². The number of rotatable bonds is 14. The summed E-state index contributed by atoms with van der Waals surface area (Å²) in [5, 5.41) is 0. The Hall–Kier alpha value is 0.137. The quantitative estimate of drug-likeness (QED) is 0.279. The zero-order valence-corrected chi connectivity index (χ0v) is 16.7. The summed E-state index contributed by atoms with van der Waals surface area (Å²) in [5.41, 5.74) is 0. The molecule has 3 heteroatoms. The minimum atomic E-state index is -1.16. The van der Waals surface area contributed by atoms with E-state index >= 15 is 0 Å². The van der Waals surface area contributed by atoms with Crippen LogP contribution in [0.2, 0.25) is 6.55 Å². The molecule has 0 aromatic heterocycles. The van der Waals surface area contributed by atoms with Gasteiger partial charge in [-0.25, -0.2) is 0 Å². The van der Waals surface area contributed by atoms with Gasteiger partial charge in [-0.3, -0.25) is 0 Å². The molecule has 0 aromatic carbocycles. The summed E-state index contributed by atoms with van der Waals surface area (Å²) in [6, 6.07) is 0. The van der Waals surface area contributed by atoms with E-state index in [1.54, 1.807) is 14.2 Å². The van der Waals surface area contributed by atoms with E-state index in [4.69, 9.17) is 8.85 Å². The second-order valence-corrected chi connectivity index (χ2v) is 8.01. The Kier molecular flexibility index (Phi) is 25.0. The Morgan fingerprint density at radius 1 is 0.524 bits per heavy atom. The van der Waals surface area contributed by atoms with Crippen LogP contribution >= 0.6 is 0 Å². The predicted molar refractivity (Wildman–Crippen MR) is 98.4 cm³/mol. The van der Waals surface area contributed by atoms with Gasteiger partial charge in [0.1, 0.15) is 0 Å². The molecule has 0 aliphatic carbocycles. The van der Waals surface area contributed by atoms with Crippen LogP contribution in [0.4, 0.5) is 0 Å². The lowest BCUT2D eigenvalue weighted by atomic mass is 10.1. The smallest absolute Gasteiger partial charge is 0.317 e. The normalized spacial score (nSPS) is 10.6. The van der Waals surface area contributed by atoms with Crippen molar-refractivity contribution >= 4 is 9.28 Å². The molecule has 0 aliphatic heterocycles. The molecule has 0 saturated carbocycles. The first-order valence-electron chi connectivity index (χ1n) is 9.28. The zero-order chi connectivity index (χ0) is 16.2. The van der Waals surface area contributed by atoms with E-state index in [9.17, 15) is 0 Å². The van der Waals surface area contributed by atoms with Crippen molar-refractivity contribution in [2.75, 3.05) is 14.2 Å². The van der Waals surface area contributed by atoms with Crippen LogP contribution in [0.25, 0.3) is 0 Å². The fourth-order valence-corrected chi connectivity index (χ4v) is 2.38. The summed E-state index contributed by atoms with van der Waals surface area (Å²) in [4.78, 5) is 0. The molecular weight excluding hydrogens is 276 g/mol. The second-order valence-electron chi connectivity index (χ2n) is 5.93. The van der Waals surface area contributed by atoms with E-state index in [-0.39, 0.29) is 0 Å². The van der Waals surface area contributed by atoms with Gasteiger partial charge in [-0.2, -0.15) is 0 Å². The Labute approximate surface area is 136 Å². The third kappa shape index (κ3) is 25.4. The molecule has 0 heterocycles. The lowest BCUT2D eigenvalue weighted by Crippen LogP contribution is -2.12. The van der Waals surface area contributed by atoms with Crippen LogP contribution in [-0.2, 0) is 8.85 Å². The topological polar surface area (TPSA) is 18.5 Å². The van der Waals surface area contributed by atoms with Crippen LogP contribution in [0.3, 0.4) is 0 Å². The van der Waals surface area contributed by atoms with Crippen LogP contribution in [0.15, 0.2) is 0 Å². The molecule has 0 bridgehead atoms. The molecule has 0 fully saturated rings. The fourth-order valence-electron chi connectivity index (χ4n) is 2.19. The standard InChI is InChI=1S/C15H32.C3H10O2Si/c1-3-5-7-9-11-13-15-14-12-10-8-6-4-2;1-4-6(3)5-2/h3-15H2,1-2H3;6H,1-3H3. The molecule has 0 amide bonds. The first-order valence-corrected chi connectivity index (χ1v) is 11.4. The molecule has 0 spiro atoms. The highest BCUT2D eigenvalue weighted by atomic mass is 28.3. The first kappa shape index (κ1) is 23.4. The number of unbranched alkanes of at least 4 members (excludes halogenated alkanes) is 12. The van der Waals surface area contributed by atoms with Crippen molar-refractivity contribution in [2.24, 2.45) is 0 Å². The highest BCUT2D eigenvalue weighted by Crippen LogP contribution is 2.12. The van der Waals surface area contributed by atoms with Crippen molar-refractivity contribution in [1.29, 1.82) is 0 Å². The lowest BCUT2D eigenvalue weighted by molar-refractivity contribution is 0.285. The van der Waals surface area contributed by atoms with Crippen molar-refractivity contribution in [3.63, 3.8) is 0 Å². The van der Waals surface area contributed by atoms with Crippen molar-refractivity contribution < 1.29 is 8.85 Å². The summed E-state index contributed by atoms with van der Waals surface area (Å²) in [5.74, 6) is 0. The molecule has 130 valence electrons. The molecule has 21 heavy (non-hydrogen) atoms. The molecule has 0 saturated heterocycles. The van der Waals surface area contributed by atoms with Gasteiger partial charge < -0.3 is 8.85 Å². The predicted octanol–water partition coefficient (Wildman–Crippen LogP) is 6.23. The summed E-state index contributed by atoms with van der Waals surface area (Å²) in [6.07, 6.45) is 18.9. The summed E-state index contributed by atoms with van der Waals surface area (Å²) >= 11 is 0. The van der Waals surface area contributed by atoms with E-state index in [1.165, 1.54) is 83.5 Å². The molecule has 0 atom stereocenters. The van der Waals surface area contributed by atoms with Gasteiger partial charge in [0, 0.05) is 14.2 Å². The van der Waals surface area contributed by atoms with Gasteiger partial charge in [0.15, 0.2) is 0 Å². The summed E-state index contributed by atoms with van der Waals surface area (Å²) < 4.78 is 9.63. The van der Waals surface area contributed by atoms with Gasteiger partial charge >= 0.3 is 9.28 Å². The van der Waals surface area contributed by atoms with Gasteiger partial charge in [-0.15, -0.1) is 0 Å². The average molecular weight is 319 g/mol. The Balaban J connectivity index is 0. The average Bonchev–Trinajstić information content (AvgIpc) is 2.52. The van der Waals surface area contributed by atoms with Crippen molar-refractivity contribution in [1.82, 2.24) is 0 Å². The van der Waals surface area contributed by atoms with E-state index in [1.807, 2.05) is 6.55 Å². The zero-order valence-electron chi connectivity index (χ0n) is 15.6. The molecule has 0 aliphatic rings. The van der Waals surface area contributed by atoms with Crippen LogP contribution in [0.5, 0.6) is 0 Å². The van der Waals surface area contributed by atoms with Crippen molar-refractivity contribution in [2.45, 2.75) is 104 Å². The fraction of sp³-hybridized carbons (Fsp3) is 1.00. The molecule has 0 N–H and O–H groups in total. The molecule has 0 rings (SSSR count). The van der Waals surface area contributed by atoms with Crippen LogP contribution < -0.4 is 0 Å². The Morgan fingerprint density at radius 2 is 0.762 bits per heavy atom. The van der Waals surface area contributed by atoms with Crippen LogP contribution in [-0.4, -0.2) is 23.5 Å². The largest absolute Gasteiger partial charge is 0.400 e. The molecule has 0 radical (unpaired) electrons. The van der Waals surface area contributed by atoms with E-state index < -0.39 is 9.28 Å². The Bertz CT molecular complexity index is 149. The van der Waals surface area contributed by atoms with Crippen molar-refractivity contribution in [3.8, 4) is 0 Å². The first-order chi connectivity index (χ1) is 10.2. The van der Waals surface area contributed by atoms with Gasteiger partial charge in [0.05, 0.1) is 0 Å². The minimum absolute atomic E-state index is 1.16. The van der Waals surface area contributed by atoms with Gasteiger partial charge in [-0.1, -0.05) is 97.3 Å². The maximum Gasteiger partial charge on any atom is 0.317 e. The SMILES string of the molecule is CCCCCCCCCCCCCCC.CO[SiH](C)OC.